The van der Waals surface area contributed by atoms with Crippen LogP contribution in [0.2, 0.25) is 0 Å². The molecule has 0 bridgehead atoms. The first kappa shape index (κ1) is 16.3. The van der Waals surface area contributed by atoms with E-state index in [4.69, 9.17) is 14.2 Å². The second-order valence-electron chi connectivity index (χ2n) is 5.97. The Kier molecular flexibility index (Phi) is 6.07. The summed E-state index contributed by atoms with van der Waals surface area (Å²) in [5.74, 6) is 0.870. The summed E-state index contributed by atoms with van der Waals surface area (Å²) in [6.07, 6.45) is 4.28. The normalized spacial score (nSPS) is 25.8. The predicted molar refractivity (Wildman–Crippen MR) is 84.8 cm³/mol. The molecule has 118 valence electrons. The van der Waals surface area contributed by atoms with Crippen molar-refractivity contribution in [2.45, 2.75) is 58.2 Å². The van der Waals surface area contributed by atoms with Crippen LogP contribution >= 0.6 is 0 Å². The van der Waals surface area contributed by atoms with Gasteiger partial charge in [-0.05, 0) is 31.0 Å². The molecule has 1 fully saturated rings. The van der Waals surface area contributed by atoms with Crippen LogP contribution in [0, 0.1) is 0 Å². The van der Waals surface area contributed by atoms with Gasteiger partial charge in [0.25, 0.3) is 0 Å². The summed E-state index contributed by atoms with van der Waals surface area (Å²) in [7, 11) is 0. The van der Waals surface area contributed by atoms with E-state index in [1.807, 2.05) is 19.1 Å². The molecular weight excluding hydrogens is 264 g/mol. The van der Waals surface area contributed by atoms with Crippen LogP contribution < -0.4 is 4.74 Å². The second-order valence-corrected chi connectivity index (χ2v) is 5.97. The lowest BCUT2D eigenvalue weighted by Crippen LogP contribution is -2.40. The van der Waals surface area contributed by atoms with Gasteiger partial charge in [0, 0.05) is 12.3 Å². The van der Waals surface area contributed by atoms with E-state index in [0.29, 0.717) is 5.92 Å². The molecule has 1 aromatic carbocycles. The Bertz CT molecular complexity index is 405. The minimum atomic E-state index is -0.394. The van der Waals surface area contributed by atoms with Gasteiger partial charge >= 0.3 is 0 Å². The van der Waals surface area contributed by atoms with Crippen molar-refractivity contribution >= 4 is 0 Å². The van der Waals surface area contributed by atoms with Crippen molar-refractivity contribution in [1.29, 1.82) is 0 Å². The molecule has 1 aliphatic heterocycles. The molecule has 0 spiro atoms. The maximum atomic E-state index is 5.93. The molecule has 2 rings (SSSR count). The Balaban J connectivity index is 1.86. The van der Waals surface area contributed by atoms with Gasteiger partial charge in [-0.15, -0.1) is 0 Å². The highest BCUT2D eigenvalue weighted by Gasteiger charge is 2.32. The Labute approximate surface area is 128 Å². The van der Waals surface area contributed by atoms with E-state index in [1.165, 1.54) is 5.56 Å². The van der Waals surface area contributed by atoms with Crippen LogP contribution in [0.5, 0.6) is 5.75 Å². The summed E-state index contributed by atoms with van der Waals surface area (Å²) in [4.78, 5) is 0. The van der Waals surface area contributed by atoms with Gasteiger partial charge in [0.1, 0.15) is 5.75 Å². The SMILES string of the molecule is CCCCOc1ccc(C2COC(C)(CCC)OC2)cc1. The predicted octanol–water partition coefficient (Wildman–Crippen LogP) is 4.51. The lowest BCUT2D eigenvalue weighted by molar-refractivity contribution is -0.265. The van der Waals surface area contributed by atoms with Gasteiger partial charge in [-0.1, -0.05) is 38.8 Å². The van der Waals surface area contributed by atoms with Crippen molar-refractivity contribution in [3.05, 3.63) is 29.8 Å². The summed E-state index contributed by atoms with van der Waals surface area (Å²) in [6, 6.07) is 8.35. The number of unbranched alkanes of at least 4 members (excludes halogenated alkanes) is 1. The molecule has 3 nitrogen and oxygen atoms in total. The number of hydrogen-bond donors (Lipinski definition) is 0. The van der Waals surface area contributed by atoms with Gasteiger partial charge < -0.3 is 14.2 Å². The third-order valence-electron chi connectivity index (χ3n) is 4.00. The standard InChI is InChI=1S/C18H28O3/c1-4-6-12-19-17-9-7-15(8-10-17)16-13-20-18(3,11-5-2)21-14-16/h7-10,16H,4-6,11-14H2,1-3H3. The van der Waals surface area contributed by atoms with E-state index in [9.17, 15) is 0 Å². The zero-order valence-electron chi connectivity index (χ0n) is 13.6. The monoisotopic (exact) mass is 292 g/mol. The van der Waals surface area contributed by atoms with Gasteiger partial charge in [-0.3, -0.25) is 0 Å². The van der Waals surface area contributed by atoms with E-state index in [2.05, 4.69) is 26.0 Å². The minimum Gasteiger partial charge on any atom is -0.494 e. The molecule has 0 amide bonds. The topological polar surface area (TPSA) is 27.7 Å². The van der Waals surface area contributed by atoms with E-state index < -0.39 is 5.79 Å². The van der Waals surface area contributed by atoms with Crippen LogP contribution in [-0.2, 0) is 9.47 Å². The van der Waals surface area contributed by atoms with Crippen molar-refractivity contribution < 1.29 is 14.2 Å². The fourth-order valence-corrected chi connectivity index (χ4v) is 2.61. The molecule has 3 heteroatoms. The highest BCUT2D eigenvalue weighted by Crippen LogP contribution is 2.31. The van der Waals surface area contributed by atoms with Crippen LogP contribution in [0.3, 0.4) is 0 Å². The molecule has 1 heterocycles. The average molecular weight is 292 g/mol. The van der Waals surface area contributed by atoms with E-state index in [1.54, 1.807) is 0 Å². The molecule has 0 saturated carbocycles. The van der Waals surface area contributed by atoms with Gasteiger partial charge in [0.05, 0.1) is 19.8 Å². The minimum absolute atomic E-state index is 0.319. The maximum Gasteiger partial charge on any atom is 0.165 e. The van der Waals surface area contributed by atoms with Crippen molar-refractivity contribution in [3.8, 4) is 5.75 Å². The van der Waals surface area contributed by atoms with E-state index in [0.717, 1.165) is 51.3 Å². The Morgan fingerprint density at radius 1 is 1.10 bits per heavy atom. The lowest BCUT2D eigenvalue weighted by Gasteiger charge is -2.37. The first-order chi connectivity index (χ1) is 10.2. The first-order valence-corrected chi connectivity index (χ1v) is 8.17. The summed E-state index contributed by atoms with van der Waals surface area (Å²) in [6.45, 7) is 8.61. The summed E-state index contributed by atoms with van der Waals surface area (Å²) >= 11 is 0. The molecular formula is C18H28O3. The van der Waals surface area contributed by atoms with E-state index in [-0.39, 0.29) is 0 Å². The van der Waals surface area contributed by atoms with Crippen LogP contribution in [0.25, 0.3) is 0 Å². The number of hydrogen-bond acceptors (Lipinski definition) is 3. The summed E-state index contributed by atoms with van der Waals surface area (Å²) in [5.41, 5.74) is 1.26. The molecule has 0 atom stereocenters. The van der Waals surface area contributed by atoms with Crippen LogP contribution in [0.15, 0.2) is 24.3 Å². The highest BCUT2D eigenvalue weighted by atomic mass is 16.7. The fraction of sp³-hybridized carbons (Fsp3) is 0.667. The molecule has 0 aliphatic carbocycles. The number of ether oxygens (including phenoxy) is 3. The van der Waals surface area contributed by atoms with Crippen molar-refractivity contribution in [1.82, 2.24) is 0 Å². The maximum absolute atomic E-state index is 5.93. The Morgan fingerprint density at radius 3 is 2.33 bits per heavy atom. The Morgan fingerprint density at radius 2 is 1.76 bits per heavy atom. The zero-order valence-corrected chi connectivity index (χ0v) is 13.6. The van der Waals surface area contributed by atoms with Crippen LogP contribution in [0.1, 0.15) is 57.9 Å². The second kappa shape index (κ2) is 7.81. The summed E-state index contributed by atoms with van der Waals surface area (Å²) in [5, 5.41) is 0. The molecule has 1 aromatic rings. The van der Waals surface area contributed by atoms with Crippen molar-refractivity contribution in [2.75, 3.05) is 19.8 Å². The zero-order chi connectivity index (χ0) is 15.1. The quantitative estimate of drug-likeness (QED) is 0.692. The van der Waals surface area contributed by atoms with Gasteiger partial charge in [-0.25, -0.2) is 0 Å². The number of rotatable bonds is 7. The lowest BCUT2D eigenvalue weighted by atomic mass is 9.99. The molecule has 21 heavy (non-hydrogen) atoms. The first-order valence-electron chi connectivity index (χ1n) is 8.17. The third-order valence-corrected chi connectivity index (χ3v) is 4.00. The smallest absolute Gasteiger partial charge is 0.165 e. The van der Waals surface area contributed by atoms with E-state index >= 15 is 0 Å². The van der Waals surface area contributed by atoms with Gasteiger partial charge in [-0.2, -0.15) is 0 Å². The molecule has 0 radical (unpaired) electrons. The molecule has 0 aromatic heterocycles. The summed E-state index contributed by atoms with van der Waals surface area (Å²) < 4.78 is 17.5. The Hall–Kier alpha value is -1.06. The van der Waals surface area contributed by atoms with Crippen LogP contribution in [-0.4, -0.2) is 25.6 Å². The molecule has 0 N–H and O–H groups in total. The van der Waals surface area contributed by atoms with Crippen molar-refractivity contribution in [3.63, 3.8) is 0 Å². The molecule has 0 unspecified atom stereocenters. The highest BCUT2D eigenvalue weighted by molar-refractivity contribution is 5.29. The van der Waals surface area contributed by atoms with Gasteiger partial charge in [0.15, 0.2) is 5.79 Å². The fourth-order valence-electron chi connectivity index (χ4n) is 2.61. The molecule has 1 saturated heterocycles. The largest absolute Gasteiger partial charge is 0.494 e. The molecule has 1 aliphatic rings. The van der Waals surface area contributed by atoms with Gasteiger partial charge in [0.2, 0.25) is 0 Å². The average Bonchev–Trinajstić information content (AvgIpc) is 2.49. The third kappa shape index (κ3) is 4.72. The van der Waals surface area contributed by atoms with Crippen molar-refractivity contribution in [2.24, 2.45) is 0 Å². The van der Waals surface area contributed by atoms with Crippen LogP contribution in [0.4, 0.5) is 0 Å². The number of benzene rings is 1.